The molecule has 0 unspecified atom stereocenters. The van der Waals surface area contributed by atoms with Crippen molar-refractivity contribution in [1.29, 1.82) is 5.26 Å². The Morgan fingerprint density at radius 3 is 2.42 bits per heavy atom. The minimum Gasteiger partial charge on any atom is -0.507 e. The average molecular weight is 550 g/mol. The van der Waals surface area contributed by atoms with Gasteiger partial charge in [-0.05, 0) is 78.6 Å². The number of anilines is 1. The Balaban J connectivity index is 1.32. The molecule has 2 aliphatic rings. The lowest BCUT2D eigenvalue weighted by molar-refractivity contribution is -0.139. The molecule has 5 rings (SSSR count). The van der Waals surface area contributed by atoms with Gasteiger partial charge in [-0.3, -0.25) is 4.79 Å². The number of nitrogens with one attached hydrogen (secondary N) is 1. The molecular formula is C31H30F3N3O3. The Hall–Kier alpha value is -3.87. The van der Waals surface area contributed by atoms with Gasteiger partial charge in [-0.1, -0.05) is 36.4 Å². The van der Waals surface area contributed by atoms with Crippen molar-refractivity contribution in [2.45, 2.75) is 37.5 Å². The maximum atomic E-state index is 13.2. The molecule has 1 saturated carbocycles. The van der Waals surface area contributed by atoms with Crippen molar-refractivity contribution in [2.75, 3.05) is 31.6 Å². The van der Waals surface area contributed by atoms with Gasteiger partial charge in [0.05, 0.1) is 22.8 Å². The van der Waals surface area contributed by atoms with Crippen LogP contribution in [0.1, 0.15) is 42.4 Å². The van der Waals surface area contributed by atoms with Crippen LogP contribution in [0.3, 0.4) is 0 Å². The summed E-state index contributed by atoms with van der Waals surface area (Å²) in [4.78, 5) is 15.2. The lowest BCUT2D eigenvalue weighted by atomic mass is 9.83. The standard InChI is InChI=1S/C31H30F3N3O3/c32-31(33,34)27-17-26(10-11-28(27)38)36-29(39)20-40-30(12-14-37(15-13-30)19-21-4-5-21)25-8-6-23(7-9-25)24-3-1-2-22(16-24)18-35/h1-3,6-11,16-17,21,38H,4-5,12-15,19-20H2,(H,36,39). The molecule has 1 aliphatic heterocycles. The zero-order valence-corrected chi connectivity index (χ0v) is 21.9. The van der Waals surface area contributed by atoms with Crippen molar-refractivity contribution in [3.63, 3.8) is 0 Å². The predicted molar refractivity (Wildman–Crippen MR) is 144 cm³/mol. The number of nitriles is 1. The Labute approximate surface area is 231 Å². The number of hydrogen-bond acceptors (Lipinski definition) is 5. The molecular weight excluding hydrogens is 519 g/mol. The van der Waals surface area contributed by atoms with E-state index in [9.17, 15) is 28.3 Å². The molecule has 9 heteroatoms. The largest absolute Gasteiger partial charge is 0.507 e. The maximum absolute atomic E-state index is 13.2. The zero-order valence-electron chi connectivity index (χ0n) is 21.9. The molecule has 0 atom stereocenters. The van der Waals surface area contributed by atoms with E-state index in [0.29, 0.717) is 24.5 Å². The first-order chi connectivity index (χ1) is 19.1. The molecule has 208 valence electrons. The van der Waals surface area contributed by atoms with E-state index in [1.807, 2.05) is 42.5 Å². The van der Waals surface area contributed by atoms with Crippen LogP contribution in [-0.2, 0) is 21.3 Å². The van der Waals surface area contributed by atoms with Crippen LogP contribution in [0.15, 0.2) is 66.7 Å². The number of likely N-dealkylation sites (tertiary alicyclic amines) is 1. The van der Waals surface area contributed by atoms with Gasteiger partial charge in [0.25, 0.3) is 0 Å². The van der Waals surface area contributed by atoms with Crippen LogP contribution in [0.5, 0.6) is 5.75 Å². The number of phenols is 1. The monoisotopic (exact) mass is 549 g/mol. The highest BCUT2D eigenvalue weighted by atomic mass is 19.4. The fourth-order valence-electron chi connectivity index (χ4n) is 5.26. The molecule has 2 fully saturated rings. The summed E-state index contributed by atoms with van der Waals surface area (Å²) in [6, 6.07) is 20.3. The van der Waals surface area contributed by atoms with Crippen LogP contribution in [0, 0.1) is 17.2 Å². The summed E-state index contributed by atoms with van der Waals surface area (Å²) in [5, 5.41) is 21.3. The van der Waals surface area contributed by atoms with E-state index in [1.54, 1.807) is 6.07 Å². The third kappa shape index (κ3) is 6.46. The first kappa shape index (κ1) is 27.7. The quantitative estimate of drug-likeness (QED) is 0.322. The van der Waals surface area contributed by atoms with Crippen LogP contribution >= 0.6 is 0 Å². The average Bonchev–Trinajstić information content (AvgIpc) is 3.77. The predicted octanol–water partition coefficient (Wildman–Crippen LogP) is 6.31. The maximum Gasteiger partial charge on any atom is 0.420 e. The highest BCUT2D eigenvalue weighted by molar-refractivity contribution is 5.92. The molecule has 6 nitrogen and oxygen atoms in total. The molecule has 1 saturated heterocycles. The Morgan fingerprint density at radius 2 is 1.77 bits per heavy atom. The van der Waals surface area contributed by atoms with Crippen LogP contribution in [0.25, 0.3) is 11.1 Å². The Kier molecular flexibility index (Phi) is 7.83. The highest BCUT2D eigenvalue weighted by Gasteiger charge is 2.39. The van der Waals surface area contributed by atoms with Gasteiger partial charge >= 0.3 is 6.18 Å². The summed E-state index contributed by atoms with van der Waals surface area (Å²) >= 11 is 0. The minimum absolute atomic E-state index is 0.0732. The van der Waals surface area contributed by atoms with Crippen LogP contribution < -0.4 is 5.32 Å². The Morgan fingerprint density at radius 1 is 1.05 bits per heavy atom. The number of alkyl halides is 3. The van der Waals surface area contributed by atoms with Gasteiger partial charge in [-0.2, -0.15) is 18.4 Å². The lowest BCUT2D eigenvalue weighted by Crippen LogP contribution is -2.45. The molecule has 40 heavy (non-hydrogen) atoms. The van der Waals surface area contributed by atoms with E-state index < -0.39 is 29.0 Å². The minimum atomic E-state index is -4.75. The fraction of sp³-hybridized carbons (Fsp3) is 0.355. The first-order valence-corrected chi connectivity index (χ1v) is 13.3. The van der Waals surface area contributed by atoms with Crippen molar-refractivity contribution >= 4 is 11.6 Å². The number of piperidine rings is 1. The Bertz CT molecular complexity index is 1400. The topological polar surface area (TPSA) is 85.6 Å². The lowest BCUT2D eigenvalue weighted by Gasteiger charge is -2.42. The first-order valence-electron chi connectivity index (χ1n) is 13.3. The summed E-state index contributed by atoms with van der Waals surface area (Å²) in [6.45, 7) is 2.36. The van der Waals surface area contributed by atoms with E-state index >= 15 is 0 Å². The van der Waals surface area contributed by atoms with Gasteiger partial charge in [0, 0.05) is 25.3 Å². The van der Waals surface area contributed by atoms with Gasteiger partial charge in [0.2, 0.25) is 5.91 Å². The molecule has 1 amide bonds. The zero-order chi connectivity index (χ0) is 28.3. The van der Waals surface area contributed by atoms with Gasteiger partial charge in [0.15, 0.2) is 0 Å². The summed E-state index contributed by atoms with van der Waals surface area (Å²) in [6.07, 6.45) is -0.872. The number of hydrogen-bond donors (Lipinski definition) is 2. The fourth-order valence-corrected chi connectivity index (χ4v) is 5.26. The van der Waals surface area contributed by atoms with Gasteiger partial charge in [-0.15, -0.1) is 0 Å². The van der Waals surface area contributed by atoms with Crippen LogP contribution in [0.4, 0.5) is 18.9 Å². The van der Waals surface area contributed by atoms with E-state index in [-0.39, 0.29) is 12.3 Å². The van der Waals surface area contributed by atoms with Crippen molar-refractivity contribution in [3.05, 3.63) is 83.4 Å². The number of phenolic OH excluding ortho intramolecular Hbond substituents is 1. The molecule has 1 aliphatic carbocycles. The second-order valence-electron chi connectivity index (χ2n) is 10.6. The number of carbonyl (C=O) groups is 1. The number of rotatable bonds is 8. The molecule has 0 radical (unpaired) electrons. The third-order valence-corrected chi connectivity index (χ3v) is 7.68. The second-order valence-corrected chi connectivity index (χ2v) is 10.6. The SMILES string of the molecule is N#Cc1cccc(-c2ccc(C3(OCC(=O)Nc4ccc(O)c(C(F)(F)F)c4)CCN(CC4CC4)CC3)cc2)c1. The molecule has 0 aromatic heterocycles. The van der Waals surface area contributed by atoms with Crippen molar-refractivity contribution < 1.29 is 27.8 Å². The van der Waals surface area contributed by atoms with Crippen LogP contribution in [-0.4, -0.2) is 42.2 Å². The number of carbonyl (C=O) groups excluding carboxylic acids is 1. The van der Waals surface area contributed by atoms with Crippen molar-refractivity contribution in [2.24, 2.45) is 5.92 Å². The molecule has 1 heterocycles. The number of ether oxygens (including phenoxy) is 1. The van der Waals surface area contributed by atoms with Crippen LogP contribution in [0.2, 0.25) is 0 Å². The number of nitrogens with zero attached hydrogens (tertiary/aromatic N) is 2. The van der Waals surface area contributed by atoms with Gasteiger partial charge < -0.3 is 20.1 Å². The molecule has 3 aromatic carbocycles. The highest BCUT2D eigenvalue weighted by Crippen LogP contribution is 2.40. The summed E-state index contributed by atoms with van der Waals surface area (Å²) in [5.74, 6) is -0.723. The number of amides is 1. The normalized spacial score (nSPS) is 17.2. The van der Waals surface area contributed by atoms with Crippen molar-refractivity contribution in [1.82, 2.24) is 4.90 Å². The van der Waals surface area contributed by atoms with Gasteiger partial charge in [0.1, 0.15) is 12.4 Å². The molecule has 3 aromatic rings. The number of benzene rings is 3. The summed E-state index contributed by atoms with van der Waals surface area (Å²) in [7, 11) is 0. The molecule has 0 spiro atoms. The van der Waals surface area contributed by atoms with E-state index in [1.165, 1.54) is 18.9 Å². The molecule has 2 N–H and O–H groups in total. The van der Waals surface area contributed by atoms with E-state index in [4.69, 9.17) is 4.74 Å². The smallest absolute Gasteiger partial charge is 0.420 e. The van der Waals surface area contributed by atoms with Gasteiger partial charge in [-0.25, -0.2) is 0 Å². The third-order valence-electron chi connectivity index (χ3n) is 7.68. The number of halogens is 3. The van der Waals surface area contributed by atoms with E-state index in [2.05, 4.69) is 16.3 Å². The van der Waals surface area contributed by atoms with Crippen molar-refractivity contribution in [3.8, 4) is 22.9 Å². The summed E-state index contributed by atoms with van der Waals surface area (Å²) in [5.41, 5.74) is 1.36. The summed E-state index contributed by atoms with van der Waals surface area (Å²) < 4.78 is 45.8. The number of aromatic hydroxyl groups is 1. The second kappa shape index (κ2) is 11.3. The molecule has 0 bridgehead atoms. The van der Waals surface area contributed by atoms with E-state index in [0.717, 1.165) is 48.3 Å².